The molecule has 2 N–H and O–H groups in total. The average molecular weight is 383 g/mol. The van der Waals surface area contributed by atoms with Crippen molar-refractivity contribution in [3.05, 3.63) is 40.7 Å². The minimum absolute atomic E-state index is 0.105. The number of amidine groups is 1. The summed E-state index contributed by atoms with van der Waals surface area (Å²) in [5.41, 5.74) is -0.821. The smallest absolute Gasteiger partial charge is 0.384 e. The monoisotopic (exact) mass is 382 g/mol. The van der Waals surface area contributed by atoms with Crippen molar-refractivity contribution in [2.75, 3.05) is 4.90 Å². The highest BCUT2D eigenvalue weighted by Crippen LogP contribution is 2.52. The molecule has 0 spiro atoms. The van der Waals surface area contributed by atoms with Crippen molar-refractivity contribution >= 4 is 23.1 Å². The first-order valence-electron chi connectivity index (χ1n) is 6.52. The zero-order valence-corrected chi connectivity index (χ0v) is 13.1. The van der Waals surface area contributed by atoms with Gasteiger partial charge in [-0.2, -0.15) is 31.6 Å². The van der Waals surface area contributed by atoms with E-state index in [1.807, 2.05) is 0 Å². The first-order chi connectivity index (χ1) is 11.4. The number of hydrogen-bond acceptors (Lipinski definition) is 4. The minimum atomic E-state index is -5.91. The summed E-state index contributed by atoms with van der Waals surface area (Å²) in [7, 11) is 0. The Morgan fingerprint density at radius 1 is 1.12 bits per heavy atom. The third-order valence-electron chi connectivity index (χ3n) is 3.53. The fourth-order valence-corrected chi connectivity index (χ4v) is 2.57. The van der Waals surface area contributed by atoms with Crippen molar-refractivity contribution in [2.45, 2.75) is 24.8 Å². The molecule has 0 aromatic heterocycles. The number of aliphatic imine (C=N–C) groups is 1. The second kappa shape index (κ2) is 5.84. The third kappa shape index (κ3) is 2.78. The Kier molecular flexibility index (Phi) is 4.42. The number of rotatable bonds is 1. The second-order valence-electron chi connectivity index (χ2n) is 5.05. The SMILES string of the molecule is CC1=NC(C(F)(F)F)(C(F)(F)F)C(C#N)=C(N)N1c1ccc(Cl)cc1. The molecular weight excluding hydrogens is 374 g/mol. The fourth-order valence-electron chi connectivity index (χ4n) is 2.45. The molecule has 0 aliphatic carbocycles. The van der Waals surface area contributed by atoms with Gasteiger partial charge in [0.1, 0.15) is 23.3 Å². The largest absolute Gasteiger partial charge is 0.427 e. The summed E-state index contributed by atoms with van der Waals surface area (Å²) in [6.45, 7) is 0.932. The normalized spacial score (nSPS) is 18.0. The molecule has 1 aromatic rings. The molecule has 1 aromatic carbocycles. The minimum Gasteiger partial charge on any atom is -0.384 e. The van der Waals surface area contributed by atoms with Crippen LogP contribution in [0.15, 0.2) is 40.7 Å². The summed E-state index contributed by atoms with van der Waals surface area (Å²) in [5.74, 6) is -1.68. The molecule has 0 amide bonds. The van der Waals surface area contributed by atoms with Crippen LogP contribution in [0.3, 0.4) is 0 Å². The number of nitriles is 1. The zero-order valence-electron chi connectivity index (χ0n) is 12.4. The van der Waals surface area contributed by atoms with Gasteiger partial charge in [0, 0.05) is 10.7 Å². The van der Waals surface area contributed by atoms with Crippen LogP contribution in [0, 0.1) is 11.3 Å². The van der Waals surface area contributed by atoms with E-state index in [1.54, 1.807) is 0 Å². The van der Waals surface area contributed by atoms with Crippen molar-refractivity contribution in [3.63, 3.8) is 0 Å². The number of anilines is 1. The molecular formula is C14H9ClF6N4. The quantitative estimate of drug-likeness (QED) is 0.742. The molecule has 0 radical (unpaired) electrons. The molecule has 1 aliphatic heterocycles. The molecule has 0 saturated heterocycles. The molecule has 11 heteroatoms. The van der Waals surface area contributed by atoms with Crippen LogP contribution >= 0.6 is 11.6 Å². The summed E-state index contributed by atoms with van der Waals surface area (Å²) in [5, 5.41) is 9.30. The summed E-state index contributed by atoms with van der Waals surface area (Å²) in [6.07, 6.45) is -11.8. The van der Waals surface area contributed by atoms with Crippen LogP contribution < -0.4 is 10.6 Å². The van der Waals surface area contributed by atoms with E-state index in [2.05, 4.69) is 4.99 Å². The molecule has 0 unspecified atom stereocenters. The third-order valence-corrected chi connectivity index (χ3v) is 3.78. The lowest BCUT2D eigenvalue weighted by Crippen LogP contribution is -2.61. The first-order valence-corrected chi connectivity index (χ1v) is 6.90. The highest BCUT2D eigenvalue weighted by atomic mass is 35.5. The molecule has 0 bridgehead atoms. The first kappa shape index (κ1) is 18.9. The molecule has 1 heterocycles. The zero-order chi connectivity index (χ0) is 19.2. The van der Waals surface area contributed by atoms with E-state index >= 15 is 0 Å². The Morgan fingerprint density at radius 3 is 2.00 bits per heavy atom. The average Bonchev–Trinajstić information content (AvgIpc) is 2.46. The maximum Gasteiger partial charge on any atom is 0.427 e. The van der Waals surface area contributed by atoms with Gasteiger partial charge in [-0.1, -0.05) is 11.6 Å². The van der Waals surface area contributed by atoms with Gasteiger partial charge >= 0.3 is 12.4 Å². The van der Waals surface area contributed by atoms with Crippen molar-refractivity contribution < 1.29 is 26.3 Å². The number of alkyl halides is 6. The van der Waals surface area contributed by atoms with E-state index in [0.29, 0.717) is 5.02 Å². The lowest BCUT2D eigenvalue weighted by Gasteiger charge is -2.40. The number of nitrogens with zero attached hydrogens (tertiary/aromatic N) is 3. The molecule has 25 heavy (non-hydrogen) atoms. The van der Waals surface area contributed by atoms with Gasteiger partial charge < -0.3 is 5.73 Å². The van der Waals surface area contributed by atoms with Gasteiger partial charge in [0.25, 0.3) is 5.54 Å². The molecule has 2 rings (SSSR count). The maximum atomic E-state index is 13.4. The van der Waals surface area contributed by atoms with Crippen LogP contribution in [0.25, 0.3) is 0 Å². The van der Waals surface area contributed by atoms with E-state index < -0.39 is 35.1 Å². The van der Waals surface area contributed by atoms with Crippen molar-refractivity contribution in [3.8, 4) is 6.07 Å². The standard InChI is InChI=1S/C14H9ClF6N4/c1-7-24-12(13(16,17)18,14(19,20)21)10(6-22)11(23)25(7)9-4-2-8(15)3-5-9/h2-5H,23H2,1H3. The Morgan fingerprint density at radius 2 is 1.60 bits per heavy atom. The molecule has 4 nitrogen and oxygen atoms in total. The predicted octanol–water partition coefficient (Wildman–Crippen LogP) is 4.14. The lowest BCUT2D eigenvalue weighted by molar-refractivity contribution is -0.281. The van der Waals surface area contributed by atoms with Crippen molar-refractivity contribution in [1.82, 2.24) is 0 Å². The van der Waals surface area contributed by atoms with E-state index in [0.717, 1.165) is 17.9 Å². The summed E-state index contributed by atoms with van der Waals surface area (Å²) in [6, 6.07) is 6.28. The van der Waals surface area contributed by atoms with Gasteiger partial charge in [-0.05, 0) is 31.2 Å². The number of nitrogens with two attached hydrogens (primary N) is 1. The number of hydrogen-bond donors (Lipinski definition) is 1. The van der Waals surface area contributed by atoms with Gasteiger partial charge in [-0.3, -0.25) is 4.90 Å². The fraction of sp³-hybridized carbons (Fsp3) is 0.286. The van der Waals surface area contributed by atoms with E-state index in [9.17, 15) is 26.3 Å². The van der Waals surface area contributed by atoms with Gasteiger partial charge in [0.2, 0.25) is 0 Å². The molecule has 1 aliphatic rings. The van der Waals surface area contributed by atoms with E-state index in [-0.39, 0.29) is 5.69 Å². The van der Waals surface area contributed by atoms with E-state index in [1.165, 1.54) is 24.3 Å². The highest BCUT2D eigenvalue weighted by Gasteiger charge is 2.75. The number of benzene rings is 1. The Hall–Kier alpha value is -2.41. The molecule has 0 saturated carbocycles. The highest BCUT2D eigenvalue weighted by molar-refractivity contribution is 6.30. The van der Waals surface area contributed by atoms with Crippen molar-refractivity contribution in [2.24, 2.45) is 10.7 Å². The Bertz CT molecular complexity index is 772. The van der Waals surface area contributed by atoms with Gasteiger partial charge in [0.05, 0.1) is 0 Å². The number of halogens is 7. The van der Waals surface area contributed by atoms with Crippen molar-refractivity contribution in [1.29, 1.82) is 5.26 Å². The maximum absolute atomic E-state index is 13.4. The van der Waals surface area contributed by atoms with Crippen LogP contribution in [0.1, 0.15) is 6.92 Å². The molecule has 0 atom stereocenters. The summed E-state index contributed by atoms with van der Waals surface area (Å²) < 4.78 is 80.1. The van der Waals surface area contributed by atoms with Crippen LogP contribution in [0.4, 0.5) is 32.0 Å². The van der Waals surface area contributed by atoms with Crippen LogP contribution in [-0.4, -0.2) is 23.7 Å². The predicted molar refractivity (Wildman–Crippen MR) is 78.7 cm³/mol. The van der Waals surface area contributed by atoms with Gasteiger partial charge in [-0.25, -0.2) is 4.99 Å². The van der Waals surface area contributed by atoms with Crippen LogP contribution in [0.5, 0.6) is 0 Å². The topological polar surface area (TPSA) is 65.4 Å². The van der Waals surface area contributed by atoms with Gasteiger partial charge in [-0.15, -0.1) is 0 Å². The molecule has 0 fully saturated rings. The Labute approximate surface area is 142 Å². The Balaban J connectivity index is 2.79. The van der Waals surface area contributed by atoms with Crippen LogP contribution in [-0.2, 0) is 0 Å². The van der Waals surface area contributed by atoms with Crippen LogP contribution in [0.2, 0.25) is 5.02 Å². The summed E-state index contributed by atoms with van der Waals surface area (Å²) >= 11 is 5.70. The lowest BCUT2D eigenvalue weighted by atomic mass is 9.87. The molecule has 134 valence electrons. The second-order valence-corrected chi connectivity index (χ2v) is 5.49. The van der Waals surface area contributed by atoms with Gasteiger partial charge in [0.15, 0.2) is 0 Å². The summed E-state index contributed by atoms with van der Waals surface area (Å²) in [4.78, 5) is 3.66. The van der Waals surface area contributed by atoms with E-state index in [4.69, 9.17) is 22.6 Å².